The third kappa shape index (κ3) is 4.90. The molecule has 4 heteroatoms. The number of fused-ring (bicyclic) bond motifs is 1. The maximum atomic E-state index is 10.4. The van der Waals surface area contributed by atoms with Gasteiger partial charge in [0.25, 0.3) is 0 Å². The number of hydrogen-bond acceptors (Lipinski definition) is 4. The Kier molecular flexibility index (Phi) is 7.76. The van der Waals surface area contributed by atoms with Crippen LogP contribution in [-0.2, 0) is 17.6 Å². The molecule has 0 saturated heterocycles. The van der Waals surface area contributed by atoms with Crippen molar-refractivity contribution in [2.24, 2.45) is 0 Å². The number of carbonyl (C=O) groups excluding carboxylic acids is 2. The van der Waals surface area contributed by atoms with E-state index >= 15 is 0 Å². The van der Waals surface area contributed by atoms with Crippen LogP contribution >= 0.6 is 0 Å². The van der Waals surface area contributed by atoms with E-state index in [1.807, 2.05) is 6.07 Å². The number of hydrogen-bond donors (Lipinski definition) is 0. The Bertz CT molecular complexity index is 647. The van der Waals surface area contributed by atoms with E-state index in [2.05, 4.69) is 36.4 Å². The molecule has 0 N–H and O–H groups in total. The van der Waals surface area contributed by atoms with Gasteiger partial charge in [0.05, 0.1) is 0 Å². The minimum absolute atomic E-state index is 0.314. The lowest BCUT2D eigenvalue weighted by molar-refractivity contribution is -0.107. The molecule has 0 fully saturated rings. The topological polar surface area (TPSA) is 68.3 Å². The Labute approximate surface area is 128 Å². The van der Waals surface area contributed by atoms with E-state index < -0.39 is 0 Å². The lowest BCUT2D eigenvalue weighted by Gasteiger charge is -1.96. The Morgan fingerprint density at radius 2 is 1.59 bits per heavy atom. The molecule has 112 valence electrons. The molecule has 2 aromatic carbocycles. The van der Waals surface area contributed by atoms with Gasteiger partial charge in [0.2, 0.25) is 0 Å². The van der Waals surface area contributed by atoms with Crippen molar-refractivity contribution in [1.82, 2.24) is 0 Å². The largest absolute Gasteiger partial charge is 0.303 e. The molecular weight excluding hydrogens is 280 g/mol. The van der Waals surface area contributed by atoms with Crippen LogP contribution in [0.1, 0.15) is 27.0 Å². The summed E-state index contributed by atoms with van der Waals surface area (Å²) in [6, 6.07) is 15.6. The third-order valence-electron chi connectivity index (χ3n) is 3.18. The van der Waals surface area contributed by atoms with E-state index in [1.165, 1.54) is 11.1 Å². The van der Waals surface area contributed by atoms with E-state index in [0.29, 0.717) is 12.0 Å². The summed E-state index contributed by atoms with van der Waals surface area (Å²) in [4.78, 5) is 34.5. The minimum atomic E-state index is 0.314. The van der Waals surface area contributed by atoms with Crippen molar-refractivity contribution in [3.63, 3.8) is 0 Å². The van der Waals surface area contributed by atoms with E-state index in [9.17, 15) is 9.59 Å². The third-order valence-corrected chi connectivity index (χ3v) is 3.18. The molecule has 3 rings (SSSR count). The van der Waals surface area contributed by atoms with E-state index in [-0.39, 0.29) is 0 Å². The molecule has 0 aromatic heterocycles. The highest BCUT2D eigenvalue weighted by Crippen LogP contribution is 2.17. The molecule has 0 aliphatic heterocycles. The summed E-state index contributed by atoms with van der Waals surface area (Å²) in [7, 11) is 0. The standard InChI is InChI=1S/C9H8O2.C9H8.O2/c10-6-5-8-3-1-2-4-9(8)7-11;1-2-5-9-7-3-6-8(9)4-1;1-2/h1-4,6-7H,5H2;1-6H,7H2;. The van der Waals surface area contributed by atoms with Crippen LogP contribution in [0.5, 0.6) is 0 Å². The molecule has 0 unspecified atom stereocenters. The van der Waals surface area contributed by atoms with Crippen molar-refractivity contribution in [1.29, 1.82) is 0 Å². The maximum Gasteiger partial charge on any atom is 0.150 e. The van der Waals surface area contributed by atoms with E-state index in [1.54, 1.807) is 18.2 Å². The van der Waals surface area contributed by atoms with Crippen LogP contribution in [0.25, 0.3) is 6.08 Å². The van der Waals surface area contributed by atoms with Gasteiger partial charge < -0.3 is 4.79 Å². The Morgan fingerprint density at radius 1 is 0.909 bits per heavy atom. The van der Waals surface area contributed by atoms with Crippen LogP contribution in [0, 0.1) is 9.93 Å². The predicted octanol–water partition coefficient (Wildman–Crippen LogP) is 3.56. The van der Waals surface area contributed by atoms with Crippen molar-refractivity contribution in [2.45, 2.75) is 12.8 Å². The highest BCUT2D eigenvalue weighted by Gasteiger charge is 2.00. The molecule has 22 heavy (non-hydrogen) atoms. The summed E-state index contributed by atoms with van der Waals surface area (Å²) in [6.07, 6.45) is 7.37. The second kappa shape index (κ2) is 9.94. The van der Waals surface area contributed by atoms with Gasteiger partial charge in [-0.2, -0.15) is 0 Å². The summed E-state index contributed by atoms with van der Waals surface area (Å²) < 4.78 is 0. The van der Waals surface area contributed by atoms with Crippen LogP contribution in [0.3, 0.4) is 0 Å². The van der Waals surface area contributed by atoms with Crippen LogP contribution in [0.15, 0.2) is 54.6 Å². The van der Waals surface area contributed by atoms with Gasteiger partial charge in [-0.25, -0.2) is 0 Å². The zero-order valence-corrected chi connectivity index (χ0v) is 12.0. The monoisotopic (exact) mass is 296 g/mol. The summed E-state index contributed by atoms with van der Waals surface area (Å²) >= 11 is 0. The lowest BCUT2D eigenvalue weighted by Crippen LogP contribution is -1.92. The molecule has 1 aliphatic carbocycles. The second-order valence-corrected chi connectivity index (χ2v) is 4.49. The van der Waals surface area contributed by atoms with Crippen molar-refractivity contribution >= 4 is 18.6 Å². The van der Waals surface area contributed by atoms with Gasteiger partial charge in [0.1, 0.15) is 12.6 Å². The van der Waals surface area contributed by atoms with Crippen molar-refractivity contribution in [3.05, 3.63) is 86.8 Å². The normalized spacial score (nSPS) is 10.4. The quantitative estimate of drug-likeness (QED) is 0.812. The maximum absolute atomic E-state index is 10.4. The first-order chi connectivity index (χ1) is 10.8. The molecular formula is C18H16O4. The number of benzene rings is 2. The molecule has 2 aromatic rings. The smallest absolute Gasteiger partial charge is 0.150 e. The fourth-order valence-corrected chi connectivity index (χ4v) is 2.12. The zero-order valence-electron chi connectivity index (χ0n) is 12.0. The Balaban J connectivity index is 0.000000200. The molecule has 1 aliphatic rings. The van der Waals surface area contributed by atoms with Crippen LogP contribution in [-0.4, -0.2) is 12.6 Å². The zero-order chi connectivity index (χ0) is 16.2. The molecule has 0 bridgehead atoms. The molecule has 4 nitrogen and oxygen atoms in total. The van der Waals surface area contributed by atoms with Gasteiger partial charge >= 0.3 is 0 Å². The number of rotatable bonds is 3. The van der Waals surface area contributed by atoms with Crippen LogP contribution in [0.2, 0.25) is 0 Å². The highest BCUT2D eigenvalue weighted by atomic mass is 16.7. The summed E-state index contributed by atoms with van der Waals surface area (Å²) in [5, 5.41) is 0. The summed E-state index contributed by atoms with van der Waals surface area (Å²) in [5.41, 5.74) is 4.23. The highest BCUT2D eigenvalue weighted by molar-refractivity contribution is 5.78. The molecule has 0 spiro atoms. The Morgan fingerprint density at radius 3 is 2.27 bits per heavy atom. The molecule has 0 radical (unpaired) electrons. The van der Waals surface area contributed by atoms with Gasteiger partial charge in [-0.1, -0.05) is 60.7 Å². The average molecular weight is 296 g/mol. The van der Waals surface area contributed by atoms with E-state index in [0.717, 1.165) is 24.6 Å². The van der Waals surface area contributed by atoms with Gasteiger partial charge in [-0.05, 0) is 23.1 Å². The van der Waals surface area contributed by atoms with Gasteiger partial charge in [0.15, 0.2) is 0 Å². The molecule has 0 atom stereocenters. The number of carbonyl (C=O) groups is 2. The second-order valence-electron chi connectivity index (χ2n) is 4.49. The first kappa shape index (κ1) is 17.2. The molecule has 0 saturated carbocycles. The summed E-state index contributed by atoms with van der Waals surface area (Å²) in [6.45, 7) is 0. The molecule has 0 amide bonds. The van der Waals surface area contributed by atoms with Crippen LogP contribution in [0.4, 0.5) is 0 Å². The fourth-order valence-electron chi connectivity index (χ4n) is 2.12. The van der Waals surface area contributed by atoms with Gasteiger partial charge in [0, 0.05) is 21.9 Å². The first-order valence-corrected chi connectivity index (χ1v) is 6.73. The predicted molar refractivity (Wildman–Crippen MR) is 87.5 cm³/mol. The minimum Gasteiger partial charge on any atom is -0.303 e. The number of aldehydes is 2. The van der Waals surface area contributed by atoms with Crippen molar-refractivity contribution in [3.8, 4) is 0 Å². The van der Waals surface area contributed by atoms with Gasteiger partial charge in [-0.15, -0.1) is 0 Å². The van der Waals surface area contributed by atoms with Crippen molar-refractivity contribution < 1.29 is 9.59 Å². The van der Waals surface area contributed by atoms with Crippen molar-refractivity contribution in [2.75, 3.05) is 0 Å². The van der Waals surface area contributed by atoms with Crippen LogP contribution < -0.4 is 0 Å². The van der Waals surface area contributed by atoms with Gasteiger partial charge in [-0.3, -0.25) is 4.79 Å². The SMILES string of the molecule is C1=Cc2ccccc2C1.O=CCc1ccccc1C=O.O=O. The molecule has 0 heterocycles. The first-order valence-electron chi connectivity index (χ1n) is 6.73. The summed E-state index contributed by atoms with van der Waals surface area (Å²) in [5.74, 6) is 0. The van der Waals surface area contributed by atoms with E-state index in [4.69, 9.17) is 9.93 Å². The fraction of sp³-hybridized carbons (Fsp3) is 0.111. The average Bonchev–Trinajstić information content (AvgIpc) is 3.07. The Hall–Kier alpha value is -2.88. The lowest BCUT2D eigenvalue weighted by atomic mass is 10.1. The number of allylic oxidation sites excluding steroid dienone is 1.